The number of aryl methyl sites for hydroxylation is 1. The highest BCUT2D eigenvalue weighted by Crippen LogP contribution is 2.27. The van der Waals surface area contributed by atoms with E-state index in [9.17, 15) is 14.0 Å². The smallest absolute Gasteiger partial charge is 0.253 e. The van der Waals surface area contributed by atoms with Gasteiger partial charge in [0, 0.05) is 12.2 Å². The van der Waals surface area contributed by atoms with Gasteiger partial charge in [0.2, 0.25) is 5.91 Å². The van der Waals surface area contributed by atoms with Crippen LogP contribution in [-0.4, -0.2) is 32.3 Å². The molecule has 0 aliphatic carbocycles. The van der Waals surface area contributed by atoms with Crippen LogP contribution in [0.2, 0.25) is 5.02 Å². The van der Waals surface area contributed by atoms with E-state index >= 15 is 0 Å². The van der Waals surface area contributed by atoms with Crippen molar-refractivity contribution in [3.63, 3.8) is 0 Å². The Morgan fingerprint density at radius 3 is 2.66 bits per heavy atom. The number of carbonyl (C=O) groups is 2. The largest absolute Gasteiger partial charge is 0.342 e. The van der Waals surface area contributed by atoms with E-state index in [1.165, 1.54) is 23.9 Å². The van der Waals surface area contributed by atoms with Crippen LogP contribution in [0.1, 0.15) is 41.6 Å². The van der Waals surface area contributed by atoms with Gasteiger partial charge >= 0.3 is 0 Å². The molecule has 1 atom stereocenters. The van der Waals surface area contributed by atoms with Crippen molar-refractivity contribution < 1.29 is 14.0 Å². The SMILES string of the molecule is C=CCn1c(SCC(=O)Nc2cc(F)ccc2C)nnc1[C@H](NC(=O)c1ccccc1Cl)C(C)C. The van der Waals surface area contributed by atoms with Crippen LogP contribution < -0.4 is 10.6 Å². The fourth-order valence-corrected chi connectivity index (χ4v) is 4.35. The highest BCUT2D eigenvalue weighted by Gasteiger charge is 2.27. The van der Waals surface area contributed by atoms with E-state index in [0.717, 1.165) is 5.56 Å². The third kappa shape index (κ3) is 6.70. The maximum atomic E-state index is 13.5. The lowest BCUT2D eigenvalue weighted by Gasteiger charge is -2.23. The van der Waals surface area contributed by atoms with Crippen molar-refractivity contribution in [1.29, 1.82) is 0 Å². The molecule has 184 valence electrons. The van der Waals surface area contributed by atoms with Crippen molar-refractivity contribution in [2.24, 2.45) is 5.92 Å². The Hall–Kier alpha value is -3.17. The van der Waals surface area contributed by atoms with Crippen molar-refractivity contribution in [2.45, 2.75) is 38.5 Å². The van der Waals surface area contributed by atoms with Gasteiger partial charge in [-0.3, -0.25) is 9.59 Å². The van der Waals surface area contributed by atoms with Gasteiger partial charge < -0.3 is 15.2 Å². The number of thioether (sulfide) groups is 1. The standard InChI is InChI=1S/C25H27ClFN5O2S/c1-5-12-32-23(22(15(2)3)29-24(34)18-8-6-7-9-19(18)26)30-31-25(32)35-14-21(33)28-20-13-17(27)11-10-16(20)4/h5-11,13,15,22H,1,12,14H2,2-4H3,(H,28,33)(H,29,34)/t22-/m1/s1. The highest BCUT2D eigenvalue weighted by atomic mass is 35.5. The molecule has 0 saturated heterocycles. The van der Waals surface area contributed by atoms with Crippen LogP contribution in [0.3, 0.4) is 0 Å². The first-order chi connectivity index (χ1) is 16.7. The molecular formula is C25H27ClFN5O2S. The number of rotatable bonds is 10. The van der Waals surface area contributed by atoms with Crippen LogP contribution in [0.25, 0.3) is 0 Å². The molecule has 0 bridgehead atoms. The van der Waals surface area contributed by atoms with E-state index in [1.807, 2.05) is 18.4 Å². The van der Waals surface area contributed by atoms with Crippen molar-refractivity contribution in [3.05, 3.63) is 82.9 Å². The fraction of sp³-hybridized carbons (Fsp3) is 0.280. The van der Waals surface area contributed by atoms with Gasteiger partial charge in [0.15, 0.2) is 11.0 Å². The summed E-state index contributed by atoms with van der Waals surface area (Å²) in [5, 5.41) is 15.2. The predicted molar refractivity (Wildman–Crippen MR) is 137 cm³/mol. The van der Waals surface area contributed by atoms with E-state index in [4.69, 9.17) is 11.6 Å². The van der Waals surface area contributed by atoms with Crippen LogP contribution >= 0.6 is 23.4 Å². The summed E-state index contributed by atoms with van der Waals surface area (Å²) < 4.78 is 15.3. The molecule has 0 spiro atoms. The molecule has 1 heterocycles. The van der Waals surface area contributed by atoms with Gasteiger partial charge in [-0.1, -0.05) is 61.5 Å². The Morgan fingerprint density at radius 1 is 1.23 bits per heavy atom. The summed E-state index contributed by atoms with van der Waals surface area (Å²) in [4.78, 5) is 25.4. The number of benzene rings is 2. The summed E-state index contributed by atoms with van der Waals surface area (Å²) in [6.45, 7) is 9.91. The molecule has 0 aliphatic heterocycles. The lowest BCUT2D eigenvalue weighted by atomic mass is 10.0. The van der Waals surface area contributed by atoms with Crippen LogP contribution in [0.4, 0.5) is 10.1 Å². The lowest BCUT2D eigenvalue weighted by molar-refractivity contribution is -0.113. The summed E-state index contributed by atoms with van der Waals surface area (Å²) in [6, 6.07) is 10.6. The molecule has 3 rings (SSSR count). The van der Waals surface area contributed by atoms with Gasteiger partial charge in [-0.2, -0.15) is 0 Å². The maximum absolute atomic E-state index is 13.5. The number of nitrogens with one attached hydrogen (secondary N) is 2. The van der Waals surface area contributed by atoms with E-state index in [1.54, 1.807) is 43.3 Å². The molecule has 0 aliphatic rings. The Balaban J connectivity index is 1.77. The summed E-state index contributed by atoms with van der Waals surface area (Å²) in [5.74, 6) is -0.459. The molecule has 1 aromatic heterocycles. The zero-order valence-corrected chi connectivity index (χ0v) is 21.3. The lowest BCUT2D eigenvalue weighted by Crippen LogP contribution is -2.34. The molecule has 0 fully saturated rings. The third-order valence-electron chi connectivity index (χ3n) is 5.21. The van der Waals surface area contributed by atoms with Crippen LogP contribution in [0, 0.1) is 18.7 Å². The number of anilines is 1. The molecule has 7 nitrogen and oxygen atoms in total. The molecule has 0 saturated carbocycles. The minimum Gasteiger partial charge on any atom is -0.342 e. The first-order valence-corrected chi connectivity index (χ1v) is 12.4. The summed E-state index contributed by atoms with van der Waals surface area (Å²) in [6.07, 6.45) is 1.69. The molecular weight excluding hydrogens is 489 g/mol. The number of hydrogen-bond acceptors (Lipinski definition) is 5. The Morgan fingerprint density at radius 2 is 1.97 bits per heavy atom. The quantitative estimate of drug-likeness (QED) is 0.278. The van der Waals surface area contributed by atoms with Gasteiger partial charge in [-0.15, -0.1) is 16.8 Å². The Kier molecular flexibility index (Phi) is 9.06. The van der Waals surface area contributed by atoms with Crippen LogP contribution in [-0.2, 0) is 11.3 Å². The average molecular weight is 516 g/mol. The number of hydrogen-bond donors (Lipinski definition) is 2. The number of nitrogens with zero attached hydrogens (tertiary/aromatic N) is 3. The second kappa shape index (κ2) is 12.0. The zero-order chi connectivity index (χ0) is 25.5. The topological polar surface area (TPSA) is 88.9 Å². The van der Waals surface area contributed by atoms with E-state index in [0.29, 0.717) is 33.8 Å². The third-order valence-corrected chi connectivity index (χ3v) is 6.51. The number of allylic oxidation sites excluding steroid dienone is 1. The number of amides is 2. The molecule has 35 heavy (non-hydrogen) atoms. The highest BCUT2D eigenvalue weighted by molar-refractivity contribution is 7.99. The molecule has 2 amide bonds. The van der Waals surface area contributed by atoms with Crippen molar-refractivity contribution in [2.75, 3.05) is 11.1 Å². The molecule has 0 radical (unpaired) electrons. The van der Waals surface area contributed by atoms with Crippen molar-refractivity contribution in [1.82, 2.24) is 20.1 Å². The van der Waals surface area contributed by atoms with Gasteiger partial charge in [0.05, 0.1) is 22.4 Å². The maximum Gasteiger partial charge on any atom is 0.253 e. The average Bonchev–Trinajstić information content (AvgIpc) is 3.20. The first kappa shape index (κ1) is 26.4. The van der Waals surface area contributed by atoms with E-state index in [2.05, 4.69) is 27.4 Å². The molecule has 3 aromatic rings. The molecule has 2 N–H and O–H groups in total. The summed E-state index contributed by atoms with van der Waals surface area (Å²) >= 11 is 7.39. The second-order valence-corrected chi connectivity index (χ2v) is 9.56. The Bertz CT molecular complexity index is 1230. The minimum absolute atomic E-state index is 0.00805. The number of carbonyl (C=O) groups excluding carboxylic acids is 2. The Labute approximate surface area is 213 Å². The van der Waals surface area contributed by atoms with Gasteiger partial charge in [-0.05, 0) is 42.7 Å². The van der Waals surface area contributed by atoms with Crippen molar-refractivity contribution >= 4 is 40.9 Å². The number of halogens is 2. The van der Waals surface area contributed by atoms with Gasteiger partial charge in [-0.25, -0.2) is 4.39 Å². The van der Waals surface area contributed by atoms with Gasteiger partial charge in [0.1, 0.15) is 5.82 Å². The first-order valence-electron chi connectivity index (χ1n) is 11.0. The van der Waals surface area contributed by atoms with Crippen LogP contribution in [0.15, 0.2) is 60.3 Å². The molecule has 0 unspecified atom stereocenters. The molecule has 2 aromatic carbocycles. The van der Waals surface area contributed by atoms with Crippen molar-refractivity contribution in [3.8, 4) is 0 Å². The minimum atomic E-state index is -0.454. The van der Waals surface area contributed by atoms with Gasteiger partial charge in [0.25, 0.3) is 5.91 Å². The van der Waals surface area contributed by atoms with E-state index < -0.39 is 11.9 Å². The summed E-state index contributed by atoms with van der Waals surface area (Å²) in [5.41, 5.74) is 1.55. The molecule has 10 heteroatoms. The summed E-state index contributed by atoms with van der Waals surface area (Å²) in [7, 11) is 0. The zero-order valence-electron chi connectivity index (χ0n) is 19.7. The second-order valence-electron chi connectivity index (χ2n) is 8.21. The number of aromatic nitrogens is 3. The monoisotopic (exact) mass is 515 g/mol. The van der Waals surface area contributed by atoms with Crippen LogP contribution in [0.5, 0.6) is 0 Å². The normalized spacial score (nSPS) is 11.8. The predicted octanol–water partition coefficient (Wildman–Crippen LogP) is 5.42. The van der Waals surface area contributed by atoms with E-state index in [-0.39, 0.29) is 23.5 Å². The fourth-order valence-electron chi connectivity index (χ4n) is 3.38.